The van der Waals surface area contributed by atoms with Crippen LogP contribution in [0.4, 0.5) is 5.82 Å². The van der Waals surface area contributed by atoms with Crippen molar-refractivity contribution >= 4 is 21.7 Å². The predicted molar refractivity (Wildman–Crippen MR) is 64.1 cm³/mol. The monoisotopic (exact) mass is 270 g/mol. The Morgan fingerprint density at radius 1 is 1.67 bits per heavy atom. The molecular formula is C11H15BrN2O. The number of rotatable bonds is 3. The van der Waals surface area contributed by atoms with Crippen molar-refractivity contribution in [2.75, 3.05) is 18.5 Å². The van der Waals surface area contributed by atoms with Crippen LogP contribution in [0.5, 0.6) is 0 Å². The van der Waals surface area contributed by atoms with Crippen LogP contribution in [0.25, 0.3) is 0 Å². The summed E-state index contributed by atoms with van der Waals surface area (Å²) in [6.07, 6.45) is 4.52. The van der Waals surface area contributed by atoms with Gasteiger partial charge in [-0.25, -0.2) is 4.98 Å². The molecule has 1 aliphatic rings. The summed E-state index contributed by atoms with van der Waals surface area (Å²) in [5.41, 5.74) is 1.19. The van der Waals surface area contributed by atoms with E-state index in [0.717, 1.165) is 29.9 Å². The highest BCUT2D eigenvalue weighted by Crippen LogP contribution is 2.18. The van der Waals surface area contributed by atoms with Gasteiger partial charge in [0.1, 0.15) is 5.82 Å². The van der Waals surface area contributed by atoms with Crippen molar-refractivity contribution in [1.29, 1.82) is 0 Å². The molecule has 15 heavy (non-hydrogen) atoms. The van der Waals surface area contributed by atoms with Crippen LogP contribution in [-0.4, -0.2) is 24.2 Å². The van der Waals surface area contributed by atoms with Gasteiger partial charge in [-0.1, -0.05) is 0 Å². The summed E-state index contributed by atoms with van der Waals surface area (Å²) in [4.78, 5) is 4.29. The van der Waals surface area contributed by atoms with Gasteiger partial charge >= 0.3 is 0 Å². The van der Waals surface area contributed by atoms with Crippen LogP contribution in [0, 0.1) is 6.92 Å². The zero-order valence-corrected chi connectivity index (χ0v) is 10.4. The van der Waals surface area contributed by atoms with Crippen molar-refractivity contribution in [1.82, 2.24) is 4.98 Å². The highest BCUT2D eigenvalue weighted by Gasteiger charge is 2.14. The second-order valence-corrected chi connectivity index (χ2v) is 4.69. The van der Waals surface area contributed by atoms with Gasteiger partial charge in [-0.3, -0.25) is 0 Å². The molecule has 1 aromatic heterocycles. The lowest BCUT2D eigenvalue weighted by molar-refractivity contribution is 0.120. The molecule has 0 unspecified atom stereocenters. The van der Waals surface area contributed by atoms with Crippen molar-refractivity contribution in [3.05, 3.63) is 22.3 Å². The van der Waals surface area contributed by atoms with E-state index < -0.39 is 0 Å². The molecule has 0 aliphatic carbocycles. The summed E-state index contributed by atoms with van der Waals surface area (Å²) < 4.78 is 6.58. The summed E-state index contributed by atoms with van der Waals surface area (Å²) in [7, 11) is 0. The minimum Gasteiger partial charge on any atom is -0.376 e. The summed E-state index contributed by atoms with van der Waals surface area (Å²) in [5.74, 6) is 0.922. The number of nitrogens with zero attached hydrogens (tertiary/aromatic N) is 1. The molecule has 4 heteroatoms. The highest BCUT2D eigenvalue weighted by atomic mass is 79.9. The van der Waals surface area contributed by atoms with Crippen LogP contribution >= 0.6 is 15.9 Å². The molecule has 1 atom stereocenters. The summed E-state index contributed by atoms with van der Waals surface area (Å²) in [6, 6.07) is 2.04. The van der Waals surface area contributed by atoms with Crippen LogP contribution < -0.4 is 5.32 Å². The third-order valence-electron chi connectivity index (χ3n) is 2.58. The third kappa shape index (κ3) is 2.92. The van der Waals surface area contributed by atoms with Crippen LogP contribution in [0.15, 0.2) is 16.7 Å². The second-order valence-electron chi connectivity index (χ2n) is 3.83. The zero-order chi connectivity index (χ0) is 10.7. The molecule has 0 bridgehead atoms. The predicted octanol–water partition coefficient (Wildman–Crippen LogP) is 2.74. The van der Waals surface area contributed by atoms with E-state index in [-0.39, 0.29) is 0 Å². The lowest BCUT2D eigenvalue weighted by Crippen LogP contribution is -2.18. The third-order valence-corrected chi connectivity index (χ3v) is 3.41. The zero-order valence-electron chi connectivity index (χ0n) is 8.79. The van der Waals surface area contributed by atoms with E-state index in [1.807, 2.05) is 12.3 Å². The van der Waals surface area contributed by atoms with E-state index in [1.54, 1.807) is 0 Å². The maximum Gasteiger partial charge on any atom is 0.126 e. The fourth-order valence-corrected chi connectivity index (χ4v) is 1.88. The molecule has 1 fully saturated rings. The smallest absolute Gasteiger partial charge is 0.126 e. The van der Waals surface area contributed by atoms with Gasteiger partial charge in [0.25, 0.3) is 0 Å². The first-order valence-corrected chi connectivity index (χ1v) is 6.02. The average Bonchev–Trinajstić information content (AvgIpc) is 2.73. The van der Waals surface area contributed by atoms with Crippen LogP contribution in [-0.2, 0) is 4.74 Å². The number of ether oxygens (including phenoxy) is 1. The largest absolute Gasteiger partial charge is 0.376 e. The van der Waals surface area contributed by atoms with E-state index in [2.05, 4.69) is 33.2 Å². The first-order chi connectivity index (χ1) is 7.25. The Balaban J connectivity index is 1.90. The Kier molecular flexibility index (Phi) is 3.59. The molecule has 0 radical (unpaired) electrons. The number of hydrogen-bond donors (Lipinski definition) is 1. The van der Waals surface area contributed by atoms with Gasteiger partial charge in [0.05, 0.1) is 6.10 Å². The maximum atomic E-state index is 5.53. The molecule has 2 rings (SSSR count). The van der Waals surface area contributed by atoms with Gasteiger partial charge in [0.2, 0.25) is 0 Å². The number of anilines is 1. The number of aromatic nitrogens is 1. The van der Waals surface area contributed by atoms with E-state index in [9.17, 15) is 0 Å². The molecule has 1 N–H and O–H groups in total. The topological polar surface area (TPSA) is 34.1 Å². The van der Waals surface area contributed by atoms with Crippen molar-refractivity contribution in [2.24, 2.45) is 0 Å². The van der Waals surface area contributed by atoms with Gasteiger partial charge in [-0.05, 0) is 47.3 Å². The van der Waals surface area contributed by atoms with Crippen LogP contribution in [0.2, 0.25) is 0 Å². The molecular weight excluding hydrogens is 256 g/mol. The quantitative estimate of drug-likeness (QED) is 0.917. The van der Waals surface area contributed by atoms with Crippen molar-refractivity contribution in [2.45, 2.75) is 25.9 Å². The van der Waals surface area contributed by atoms with E-state index in [0.29, 0.717) is 6.10 Å². The SMILES string of the molecule is Cc1cc(NC[C@@H]2CCCO2)ncc1Br. The Bertz CT molecular complexity index is 337. The molecule has 1 aliphatic heterocycles. The number of nitrogens with one attached hydrogen (secondary N) is 1. The number of pyridine rings is 1. The van der Waals surface area contributed by atoms with Crippen molar-refractivity contribution in [3.8, 4) is 0 Å². The summed E-state index contributed by atoms with van der Waals surface area (Å²) >= 11 is 3.43. The molecule has 82 valence electrons. The Morgan fingerprint density at radius 2 is 2.53 bits per heavy atom. The lowest BCUT2D eigenvalue weighted by Gasteiger charge is -2.11. The Morgan fingerprint density at radius 3 is 3.20 bits per heavy atom. The Labute approximate surface area is 98.4 Å². The molecule has 2 heterocycles. The number of aryl methyl sites for hydroxylation is 1. The van der Waals surface area contributed by atoms with E-state index in [4.69, 9.17) is 4.74 Å². The molecule has 0 amide bonds. The standard InChI is InChI=1S/C11H15BrN2O/c1-8-5-11(14-7-10(8)12)13-6-9-3-2-4-15-9/h5,7,9H,2-4,6H2,1H3,(H,13,14)/t9-/m0/s1. The number of halogens is 1. The lowest BCUT2D eigenvalue weighted by atomic mass is 10.2. The van der Waals surface area contributed by atoms with E-state index >= 15 is 0 Å². The van der Waals surface area contributed by atoms with Crippen molar-refractivity contribution < 1.29 is 4.74 Å². The Hall–Kier alpha value is -0.610. The second kappa shape index (κ2) is 4.94. The van der Waals surface area contributed by atoms with Gasteiger partial charge in [0.15, 0.2) is 0 Å². The van der Waals surface area contributed by atoms with Crippen LogP contribution in [0.1, 0.15) is 18.4 Å². The van der Waals surface area contributed by atoms with Gasteiger partial charge in [-0.15, -0.1) is 0 Å². The van der Waals surface area contributed by atoms with Crippen molar-refractivity contribution in [3.63, 3.8) is 0 Å². The minimum atomic E-state index is 0.357. The number of hydrogen-bond acceptors (Lipinski definition) is 3. The first-order valence-electron chi connectivity index (χ1n) is 5.23. The van der Waals surface area contributed by atoms with Gasteiger partial charge < -0.3 is 10.1 Å². The normalized spacial score (nSPS) is 20.5. The van der Waals surface area contributed by atoms with Crippen LogP contribution in [0.3, 0.4) is 0 Å². The molecule has 3 nitrogen and oxygen atoms in total. The molecule has 1 aromatic rings. The molecule has 0 aromatic carbocycles. The summed E-state index contributed by atoms with van der Waals surface area (Å²) in [5, 5.41) is 3.30. The van der Waals surface area contributed by atoms with E-state index in [1.165, 1.54) is 12.0 Å². The first kappa shape index (κ1) is 10.9. The molecule has 0 saturated carbocycles. The molecule has 1 saturated heterocycles. The maximum absolute atomic E-state index is 5.53. The van der Waals surface area contributed by atoms with Gasteiger partial charge in [0, 0.05) is 23.8 Å². The molecule has 0 spiro atoms. The fourth-order valence-electron chi connectivity index (χ4n) is 1.66. The minimum absolute atomic E-state index is 0.357. The average molecular weight is 271 g/mol. The van der Waals surface area contributed by atoms with Gasteiger partial charge in [-0.2, -0.15) is 0 Å². The highest BCUT2D eigenvalue weighted by molar-refractivity contribution is 9.10. The fraction of sp³-hybridized carbons (Fsp3) is 0.545. The summed E-state index contributed by atoms with van der Waals surface area (Å²) in [6.45, 7) is 3.82.